The number of thiocarbonyl (C=S) groups is 1. The number of amides is 1. The molecule has 182 valence electrons. The van der Waals surface area contributed by atoms with E-state index in [0.717, 1.165) is 17.7 Å². The number of para-hydroxylation sites is 1. The van der Waals surface area contributed by atoms with Crippen LogP contribution in [0, 0.1) is 12.8 Å². The summed E-state index contributed by atoms with van der Waals surface area (Å²) in [6.07, 6.45) is -0.0710. The van der Waals surface area contributed by atoms with Crippen LogP contribution in [0.3, 0.4) is 0 Å². The molecule has 1 aromatic carbocycles. The van der Waals surface area contributed by atoms with E-state index in [1.54, 1.807) is 18.2 Å². The average molecular weight is 544 g/mol. The van der Waals surface area contributed by atoms with Gasteiger partial charge >= 0.3 is 0 Å². The maximum atomic E-state index is 12.5. The summed E-state index contributed by atoms with van der Waals surface area (Å²) in [6.45, 7) is 3.59. The lowest BCUT2D eigenvalue weighted by molar-refractivity contribution is -0.123. The average Bonchev–Trinajstić information content (AvgIpc) is 2.78. The van der Waals surface area contributed by atoms with Crippen LogP contribution in [0.5, 0.6) is 5.75 Å². The number of benzene rings is 1. The van der Waals surface area contributed by atoms with Gasteiger partial charge < -0.3 is 24.8 Å². The fraction of sp³-hybridized carbons (Fsp3) is 0.435. The van der Waals surface area contributed by atoms with Gasteiger partial charge in [0.15, 0.2) is 11.7 Å². The van der Waals surface area contributed by atoms with Crippen molar-refractivity contribution in [2.24, 2.45) is 5.92 Å². The predicted octanol–water partition coefficient (Wildman–Crippen LogP) is 3.34. The molecule has 0 spiro atoms. The molecule has 1 aromatic heterocycles. The third-order valence-corrected chi connectivity index (χ3v) is 7.15. The molecule has 1 fully saturated rings. The van der Waals surface area contributed by atoms with Gasteiger partial charge in [0.05, 0.1) is 0 Å². The zero-order valence-corrected chi connectivity index (χ0v) is 21.6. The monoisotopic (exact) mass is 542 g/mol. The first-order valence-electron chi connectivity index (χ1n) is 10.9. The molecule has 0 saturated carbocycles. The molecule has 2 N–H and O–H groups in total. The lowest BCUT2D eigenvalue weighted by Gasteiger charge is -2.44. The molecule has 2 bridgehead atoms. The summed E-state index contributed by atoms with van der Waals surface area (Å²) in [4.78, 5) is 26.8. The molecule has 1 amide bonds. The molecule has 2 aromatic rings. The Labute approximate surface area is 218 Å². The largest absolute Gasteiger partial charge is 0.484 e. The van der Waals surface area contributed by atoms with Crippen molar-refractivity contribution in [3.8, 4) is 5.75 Å². The van der Waals surface area contributed by atoms with Crippen LogP contribution in [0.15, 0.2) is 47.3 Å². The van der Waals surface area contributed by atoms with E-state index in [1.165, 1.54) is 0 Å². The number of alkyl halides is 3. The van der Waals surface area contributed by atoms with Crippen LogP contribution >= 0.6 is 47.0 Å². The number of hydrogen-bond acceptors (Lipinski definition) is 4. The molecule has 0 unspecified atom stereocenters. The second-order valence-electron chi connectivity index (χ2n) is 8.65. The van der Waals surface area contributed by atoms with Crippen molar-refractivity contribution in [3.63, 3.8) is 0 Å². The van der Waals surface area contributed by atoms with Crippen LogP contribution < -0.4 is 20.9 Å². The number of nitrogens with zero attached hydrogens (tertiary/aromatic N) is 2. The van der Waals surface area contributed by atoms with Crippen molar-refractivity contribution in [1.82, 2.24) is 20.1 Å². The fourth-order valence-electron chi connectivity index (χ4n) is 4.54. The van der Waals surface area contributed by atoms with E-state index in [2.05, 4.69) is 10.6 Å². The zero-order chi connectivity index (χ0) is 24.5. The van der Waals surface area contributed by atoms with E-state index >= 15 is 0 Å². The van der Waals surface area contributed by atoms with E-state index in [0.29, 0.717) is 30.5 Å². The molecule has 7 nitrogen and oxygen atoms in total. The van der Waals surface area contributed by atoms with Crippen LogP contribution in [0.1, 0.15) is 23.6 Å². The Morgan fingerprint density at radius 2 is 1.91 bits per heavy atom. The highest BCUT2D eigenvalue weighted by Gasteiger charge is 2.38. The SMILES string of the molecule is Cc1ccccc1OCC(=O)N[C@H](NC(=S)N1C[C@H]2C[C@H](C1)c1cccc(=O)n1C2)C(Cl)(Cl)Cl. The molecule has 0 radical (unpaired) electrons. The van der Waals surface area contributed by atoms with Gasteiger partial charge in [0, 0.05) is 37.3 Å². The highest BCUT2D eigenvalue weighted by molar-refractivity contribution is 7.80. The maximum absolute atomic E-state index is 12.5. The molecular weight excluding hydrogens is 519 g/mol. The smallest absolute Gasteiger partial charge is 0.259 e. The molecule has 3 heterocycles. The Hall–Kier alpha value is -2.00. The topological polar surface area (TPSA) is 75.6 Å². The number of rotatable bonds is 5. The Morgan fingerprint density at radius 3 is 2.65 bits per heavy atom. The number of aromatic nitrogens is 1. The number of halogens is 3. The third-order valence-electron chi connectivity index (χ3n) is 6.12. The van der Waals surface area contributed by atoms with Gasteiger partial charge in [-0.2, -0.15) is 0 Å². The van der Waals surface area contributed by atoms with Crippen molar-refractivity contribution in [2.75, 3.05) is 19.7 Å². The van der Waals surface area contributed by atoms with Gasteiger partial charge in [-0.05, 0) is 49.2 Å². The van der Waals surface area contributed by atoms with Gasteiger partial charge in [-0.1, -0.05) is 59.1 Å². The minimum absolute atomic E-state index is 0.0215. The number of carbonyl (C=O) groups excluding carboxylic acids is 1. The Morgan fingerprint density at radius 1 is 1.15 bits per heavy atom. The van der Waals surface area contributed by atoms with Crippen LogP contribution in [-0.2, 0) is 11.3 Å². The highest BCUT2D eigenvalue weighted by atomic mass is 35.6. The minimum Gasteiger partial charge on any atom is -0.484 e. The summed E-state index contributed by atoms with van der Waals surface area (Å²) < 4.78 is 5.59. The molecule has 4 rings (SSSR count). The maximum Gasteiger partial charge on any atom is 0.259 e. The molecule has 2 aliphatic heterocycles. The first kappa shape index (κ1) is 25.1. The van der Waals surface area contributed by atoms with Gasteiger partial charge in [0.1, 0.15) is 11.9 Å². The summed E-state index contributed by atoms with van der Waals surface area (Å²) >= 11 is 24.1. The number of aryl methyl sites for hydroxylation is 1. The first-order valence-corrected chi connectivity index (χ1v) is 12.5. The second kappa shape index (κ2) is 10.3. The molecule has 1 saturated heterocycles. The number of ether oxygens (including phenoxy) is 1. The molecule has 11 heteroatoms. The third kappa shape index (κ3) is 5.79. The summed E-state index contributed by atoms with van der Waals surface area (Å²) in [5.74, 6) is 0.586. The number of likely N-dealkylation sites (tertiary alicyclic amines) is 1. The first-order chi connectivity index (χ1) is 16.1. The van der Waals surface area contributed by atoms with Crippen molar-refractivity contribution in [3.05, 3.63) is 64.1 Å². The Balaban J connectivity index is 1.39. The molecule has 34 heavy (non-hydrogen) atoms. The number of pyridine rings is 1. The number of piperidine rings is 1. The van der Waals surface area contributed by atoms with Crippen LogP contribution in [0.4, 0.5) is 0 Å². The number of nitrogens with one attached hydrogen (secondary N) is 2. The highest BCUT2D eigenvalue weighted by Crippen LogP contribution is 2.35. The summed E-state index contributed by atoms with van der Waals surface area (Å²) in [7, 11) is 0. The normalized spacial score (nSPS) is 20.2. The van der Waals surface area contributed by atoms with Gasteiger partial charge in [0.2, 0.25) is 3.79 Å². The van der Waals surface area contributed by atoms with E-state index in [-0.39, 0.29) is 24.0 Å². The summed E-state index contributed by atoms with van der Waals surface area (Å²) in [6, 6.07) is 12.7. The van der Waals surface area contributed by atoms with Crippen molar-refractivity contribution in [1.29, 1.82) is 0 Å². The van der Waals surface area contributed by atoms with Crippen molar-refractivity contribution >= 4 is 58.0 Å². The lowest BCUT2D eigenvalue weighted by atomic mass is 9.83. The molecule has 0 aliphatic carbocycles. The number of hydrogen-bond donors (Lipinski definition) is 2. The van der Waals surface area contributed by atoms with Crippen LogP contribution in [0.25, 0.3) is 0 Å². The predicted molar refractivity (Wildman–Crippen MR) is 138 cm³/mol. The minimum atomic E-state index is -1.85. The van der Waals surface area contributed by atoms with E-state index < -0.39 is 15.9 Å². The van der Waals surface area contributed by atoms with Gasteiger partial charge in [0.25, 0.3) is 11.5 Å². The van der Waals surface area contributed by atoms with E-state index in [1.807, 2.05) is 40.7 Å². The van der Waals surface area contributed by atoms with E-state index in [9.17, 15) is 9.59 Å². The van der Waals surface area contributed by atoms with Crippen LogP contribution in [0.2, 0.25) is 0 Å². The Kier molecular flexibility index (Phi) is 7.62. The standard InChI is InChI=1S/C23H25Cl3N4O3S/c1-14-5-2-3-7-18(14)33-13-19(31)27-21(23(24,25)26)28-22(34)29-10-15-9-16(12-29)17-6-4-8-20(32)30(17)11-15/h2-8,15-16,21H,9-13H2,1H3,(H,27,31)(H,28,34)/t15-,16-,21-/m1/s1. The second-order valence-corrected chi connectivity index (χ2v) is 11.4. The van der Waals surface area contributed by atoms with Gasteiger partial charge in [-0.15, -0.1) is 0 Å². The lowest BCUT2D eigenvalue weighted by Crippen LogP contribution is -2.60. The van der Waals surface area contributed by atoms with Crippen molar-refractivity contribution < 1.29 is 9.53 Å². The Bertz CT molecular complexity index is 1140. The molecule has 2 aliphatic rings. The van der Waals surface area contributed by atoms with Gasteiger partial charge in [-0.3, -0.25) is 9.59 Å². The number of carbonyl (C=O) groups is 1. The van der Waals surface area contributed by atoms with Crippen LogP contribution in [-0.4, -0.2) is 50.1 Å². The fourth-order valence-corrected chi connectivity index (χ4v) is 5.14. The number of fused-ring (bicyclic) bond motifs is 4. The van der Waals surface area contributed by atoms with Crippen molar-refractivity contribution in [2.45, 2.75) is 35.8 Å². The zero-order valence-electron chi connectivity index (χ0n) is 18.5. The molecular formula is C23H25Cl3N4O3S. The quantitative estimate of drug-likeness (QED) is 0.342. The molecule has 3 atom stereocenters. The van der Waals surface area contributed by atoms with Gasteiger partial charge in [-0.25, -0.2) is 0 Å². The van der Waals surface area contributed by atoms with E-state index in [4.69, 9.17) is 51.8 Å². The summed E-state index contributed by atoms with van der Waals surface area (Å²) in [5, 5.41) is 6.03. The summed E-state index contributed by atoms with van der Waals surface area (Å²) in [5.41, 5.74) is 1.94.